The lowest BCUT2D eigenvalue weighted by Gasteiger charge is -2.32. The van der Waals surface area contributed by atoms with Crippen molar-refractivity contribution in [1.29, 1.82) is 5.26 Å². The van der Waals surface area contributed by atoms with Crippen molar-refractivity contribution in [2.45, 2.75) is 44.4 Å². The maximum Gasteiger partial charge on any atom is 0.490 e. The summed E-state index contributed by atoms with van der Waals surface area (Å²) in [5.74, 6) is -2.43. The molecule has 2 aliphatic rings. The Labute approximate surface area is 240 Å². The molecule has 1 amide bonds. The van der Waals surface area contributed by atoms with Gasteiger partial charge >= 0.3 is 12.1 Å². The number of hydrogen-bond donors (Lipinski definition) is 2. The molecule has 0 radical (unpaired) electrons. The van der Waals surface area contributed by atoms with E-state index in [1.54, 1.807) is 10.9 Å². The Balaban J connectivity index is 0.000000517. The summed E-state index contributed by atoms with van der Waals surface area (Å²) in [5, 5.41) is 18.4. The van der Waals surface area contributed by atoms with Crippen molar-refractivity contribution in [3.8, 4) is 6.07 Å². The summed E-state index contributed by atoms with van der Waals surface area (Å²) in [6.07, 6.45) is 0.603. The van der Waals surface area contributed by atoms with Crippen LogP contribution in [0.15, 0.2) is 30.6 Å². The molecule has 5 rings (SSSR count). The van der Waals surface area contributed by atoms with E-state index in [1.807, 2.05) is 42.4 Å². The zero-order valence-corrected chi connectivity index (χ0v) is 23.3. The van der Waals surface area contributed by atoms with Gasteiger partial charge in [0, 0.05) is 45.3 Å². The van der Waals surface area contributed by atoms with Crippen LogP contribution in [0.1, 0.15) is 47.4 Å². The van der Waals surface area contributed by atoms with E-state index in [2.05, 4.69) is 37.2 Å². The number of aryl methyl sites for hydroxylation is 1. The summed E-state index contributed by atoms with van der Waals surface area (Å²) in [6, 6.07) is 9.94. The number of carbonyl (C=O) groups is 2. The molecule has 2 aromatic heterocycles. The Hall–Kier alpha value is -4.29. The summed E-state index contributed by atoms with van der Waals surface area (Å²) in [4.78, 5) is 40.2. The van der Waals surface area contributed by atoms with E-state index >= 15 is 0 Å². The Morgan fingerprint density at radius 3 is 2.29 bits per heavy atom. The summed E-state index contributed by atoms with van der Waals surface area (Å²) in [5.41, 5.74) is 6.00. The number of likely N-dealkylation sites (N-methyl/N-ethyl adjacent to an activating group) is 1. The van der Waals surface area contributed by atoms with Crippen molar-refractivity contribution in [2.24, 2.45) is 7.05 Å². The first-order chi connectivity index (χ1) is 20.0. The maximum absolute atomic E-state index is 13.3. The van der Waals surface area contributed by atoms with Crippen LogP contribution >= 0.6 is 0 Å². The van der Waals surface area contributed by atoms with Crippen LogP contribution in [0, 0.1) is 11.3 Å². The van der Waals surface area contributed by atoms with Gasteiger partial charge in [-0.3, -0.25) is 20.1 Å². The number of rotatable bonds is 6. The van der Waals surface area contributed by atoms with E-state index in [0.29, 0.717) is 22.5 Å². The van der Waals surface area contributed by atoms with Crippen molar-refractivity contribution < 1.29 is 27.9 Å². The number of carboxylic acid groups (broad SMARTS) is 1. The van der Waals surface area contributed by atoms with Gasteiger partial charge in [-0.15, -0.1) is 0 Å². The number of piperazine rings is 1. The first-order valence-corrected chi connectivity index (χ1v) is 13.5. The average molecular weight is 588 g/mol. The van der Waals surface area contributed by atoms with Gasteiger partial charge in [0.25, 0.3) is 5.91 Å². The summed E-state index contributed by atoms with van der Waals surface area (Å²) >= 11 is 0. The average Bonchev–Trinajstić information content (AvgIpc) is 3.63. The maximum atomic E-state index is 13.3. The Kier molecular flexibility index (Phi) is 9.59. The number of nitriles is 1. The molecule has 0 atom stereocenters. The molecule has 224 valence electrons. The lowest BCUT2D eigenvalue weighted by atomic mass is 10.1. The normalized spacial score (nSPS) is 16.5. The molecular formula is C27H32F3N9O3. The van der Waals surface area contributed by atoms with Gasteiger partial charge in [-0.1, -0.05) is 25.0 Å². The van der Waals surface area contributed by atoms with Crippen molar-refractivity contribution in [3.63, 3.8) is 0 Å². The second kappa shape index (κ2) is 13.1. The summed E-state index contributed by atoms with van der Waals surface area (Å²) in [6.45, 7) is 5.16. The Morgan fingerprint density at radius 1 is 1.10 bits per heavy atom. The number of hydrogen-bond acceptors (Lipinski definition) is 9. The van der Waals surface area contributed by atoms with E-state index in [9.17, 15) is 23.2 Å². The lowest BCUT2D eigenvalue weighted by Crippen LogP contribution is -2.48. The number of hydrazine groups is 1. The number of aliphatic carboxylic acids is 1. The van der Waals surface area contributed by atoms with Crippen LogP contribution in [0.25, 0.3) is 11.2 Å². The molecule has 15 heteroatoms. The highest BCUT2D eigenvalue weighted by Crippen LogP contribution is 2.30. The van der Waals surface area contributed by atoms with Gasteiger partial charge in [0.15, 0.2) is 17.0 Å². The van der Waals surface area contributed by atoms with Crippen LogP contribution in [0.4, 0.5) is 19.0 Å². The van der Waals surface area contributed by atoms with Crippen LogP contribution in [0.5, 0.6) is 0 Å². The number of imidazole rings is 1. The highest BCUT2D eigenvalue weighted by atomic mass is 19.4. The van der Waals surface area contributed by atoms with Crippen molar-refractivity contribution in [1.82, 2.24) is 34.7 Å². The van der Waals surface area contributed by atoms with Crippen LogP contribution in [-0.4, -0.2) is 91.7 Å². The number of benzene rings is 1. The van der Waals surface area contributed by atoms with Gasteiger partial charge in [-0.25, -0.2) is 9.78 Å². The smallest absolute Gasteiger partial charge is 0.475 e. The topological polar surface area (TPSA) is 144 Å². The standard InChI is InChI=1S/C25H31N9O.C2HF3O2/c1-31-11-13-33(14-12-31)16-18-7-9-19(10-8-18)25(35)30-34(20-5-3-4-6-20)24-22-23(32(2)17-27-22)28-21(15-26)29-24;3-2(4,5)1(6)7/h7-10,17,20H,3-6,11-14,16H2,1-2H3,(H,30,35);(H,6,7). The van der Waals surface area contributed by atoms with E-state index in [1.165, 1.54) is 5.56 Å². The molecule has 0 spiro atoms. The molecule has 1 aliphatic heterocycles. The number of aromatic nitrogens is 4. The zero-order chi connectivity index (χ0) is 30.4. The largest absolute Gasteiger partial charge is 0.490 e. The number of halogens is 3. The highest BCUT2D eigenvalue weighted by molar-refractivity contribution is 5.96. The van der Waals surface area contributed by atoms with E-state index < -0.39 is 12.1 Å². The van der Waals surface area contributed by atoms with E-state index in [-0.39, 0.29) is 17.8 Å². The molecule has 2 fully saturated rings. The Morgan fingerprint density at radius 2 is 1.71 bits per heavy atom. The third-order valence-electron chi connectivity index (χ3n) is 7.24. The Bertz CT molecular complexity index is 1440. The predicted molar refractivity (Wildman–Crippen MR) is 146 cm³/mol. The van der Waals surface area contributed by atoms with Gasteiger partial charge < -0.3 is 14.6 Å². The molecule has 0 bridgehead atoms. The first-order valence-electron chi connectivity index (χ1n) is 13.5. The zero-order valence-electron chi connectivity index (χ0n) is 23.3. The minimum atomic E-state index is -5.08. The first kappa shape index (κ1) is 30.7. The molecule has 1 saturated carbocycles. The van der Waals surface area contributed by atoms with Crippen molar-refractivity contribution >= 4 is 28.9 Å². The molecule has 1 saturated heterocycles. The molecule has 2 N–H and O–H groups in total. The van der Waals surface area contributed by atoms with Gasteiger partial charge in [0.1, 0.15) is 6.07 Å². The van der Waals surface area contributed by atoms with Gasteiger partial charge in [0.2, 0.25) is 5.82 Å². The minimum absolute atomic E-state index is 0.0570. The fourth-order valence-corrected chi connectivity index (χ4v) is 4.89. The number of anilines is 1. The second-order valence-electron chi connectivity index (χ2n) is 10.3. The quantitative estimate of drug-likeness (QED) is 0.413. The van der Waals surface area contributed by atoms with Gasteiger partial charge in [-0.2, -0.15) is 28.4 Å². The van der Waals surface area contributed by atoms with Gasteiger partial charge in [-0.05, 0) is 37.6 Å². The molecule has 3 aromatic rings. The van der Waals surface area contributed by atoms with Crippen LogP contribution < -0.4 is 10.4 Å². The van der Waals surface area contributed by atoms with Crippen LogP contribution in [-0.2, 0) is 18.4 Å². The second-order valence-corrected chi connectivity index (χ2v) is 10.3. The SMILES string of the molecule is CN1CCN(Cc2ccc(C(=O)NN(c3nc(C#N)nc4c3ncn4C)C3CCCC3)cc2)CC1.O=C(O)C(F)(F)F. The number of alkyl halides is 3. The number of nitrogens with one attached hydrogen (secondary N) is 1. The lowest BCUT2D eigenvalue weighted by molar-refractivity contribution is -0.192. The molecule has 12 nitrogen and oxygen atoms in total. The van der Waals surface area contributed by atoms with E-state index in [0.717, 1.165) is 58.4 Å². The molecule has 3 heterocycles. The summed E-state index contributed by atoms with van der Waals surface area (Å²) in [7, 11) is 3.98. The molecule has 0 unspecified atom stereocenters. The predicted octanol–water partition coefficient (Wildman–Crippen LogP) is 2.71. The fraction of sp³-hybridized carbons (Fsp3) is 0.481. The van der Waals surface area contributed by atoms with Crippen molar-refractivity contribution in [3.05, 3.63) is 47.5 Å². The third-order valence-corrected chi connectivity index (χ3v) is 7.24. The molecule has 1 aromatic carbocycles. The number of nitrogens with zero attached hydrogens (tertiary/aromatic N) is 8. The molecule has 1 aliphatic carbocycles. The number of carbonyl (C=O) groups excluding carboxylic acids is 1. The van der Waals surface area contributed by atoms with Crippen molar-refractivity contribution in [2.75, 3.05) is 38.2 Å². The number of amides is 1. The highest BCUT2D eigenvalue weighted by Gasteiger charge is 2.38. The molecule has 42 heavy (non-hydrogen) atoms. The van der Waals surface area contributed by atoms with Crippen LogP contribution in [0.2, 0.25) is 0 Å². The molecular weight excluding hydrogens is 555 g/mol. The minimum Gasteiger partial charge on any atom is -0.475 e. The van der Waals surface area contributed by atoms with E-state index in [4.69, 9.17) is 9.90 Å². The summed E-state index contributed by atoms with van der Waals surface area (Å²) < 4.78 is 33.5. The van der Waals surface area contributed by atoms with Gasteiger partial charge in [0.05, 0.1) is 12.4 Å². The monoisotopic (exact) mass is 587 g/mol. The fourth-order valence-electron chi connectivity index (χ4n) is 4.89. The number of fused-ring (bicyclic) bond motifs is 1. The third kappa shape index (κ3) is 7.51. The number of carboxylic acids is 1. The van der Waals surface area contributed by atoms with Crippen LogP contribution in [0.3, 0.4) is 0 Å².